The first-order chi connectivity index (χ1) is 15.6. The minimum absolute atomic E-state index is 0. The zero-order valence-corrected chi connectivity index (χ0v) is 22.5. The molecule has 0 aliphatic rings. The van der Waals surface area contributed by atoms with E-state index in [2.05, 4.69) is 4.90 Å². The molecule has 0 radical (unpaired) electrons. The van der Waals surface area contributed by atoms with Gasteiger partial charge in [-0.15, -0.1) is 12.4 Å². The third kappa shape index (κ3) is 6.45. The van der Waals surface area contributed by atoms with Gasteiger partial charge in [-0.05, 0) is 76.4 Å². The van der Waals surface area contributed by atoms with Gasteiger partial charge in [-0.25, -0.2) is 17.7 Å². The Balaban J connectivity index is 0.00000408. The van der Waals surface area contributed by atoms with Gasteiger partial charge in [0.15, 0.2) is 5.13 Å². The SMILES string of the molecule is CCOc1ccc2nc(N(CCCN(C)C)C(=O)c3ccc(S(=O)(=O)N(C)C)cc3)sc2c1.Cl. The zero-order chi connectivity index (χ0) is 24.2. The third-order valence-corrected chi connectivity index (χ3v) is 7.87. The highest BCUT2D eigenvalue weighted by Crippen LogP contribution is 2.32. The number of benzene rings is 2. The molecular weight excluding hydrogens is 496 g/mol. The summed E-state index contributed by atoms with van der Waals surface area (Å²) in [6, 6.07) is 11.7. The van der Waals surface area contributed by atoms with Crippen molar-refractivity contribution in [3.8, 4) is 5.75 Å². The fraction of sp³-hybridized carbons (Fsp3) is 0.391. The lowest BCUT2D eigenvalue weighted by Gasteiger charge is -2.21. The van der Waals surface area contributed by atoms with E-state index >= 15 is 0 Å². The number of sulfonamides is 1. The highest BCUT2D eigenvalue weighted by molar-refractivity contribution is 7.89. The van der Waals surface area contributed by atoms with Crippen molar-refractivity contribution in [2.45, 2.75) is 18.2 Å². The standard InChI is InChI=1S/C23H30N4O4S2.ClH/c1-6-31-18-10-13-20-21(16-18)32-23(24-20)27(15-7-14-25(2)3)22(28)17-8-11-19(12-9-17)33(29,30)26(4)5;/h8-13,16H,6-7,14-15H2,1-5H3;1H. The number of carbonyl (C=O) groups is 1. The van der Waals surface area contributed by atoms with Gasteiger partial charge in [0.25, 0.3) is 5.91 Å². The molecule has 0 aliphatic heterocycles. The summed E-state index contributed by atoms with van der Waals surface area (Å²) in [5.74, 6) is 0.551. The average molecular weight is 527 g/mol. The summed E-state index contributed by atoms with van der Waals surface area (Å²) >= 11 is 1.44. The van der Waals surface area contributed by atoms with Crippen molar-refractivity contribution in [2.75, 3.05) is 52.8 Å². The number of thiazole rings is 1. The Morgan fingerprint density at radius 3 is 2.29 bits per heavy atom. The quantitative estimate of drug-likeness (QED) is 0.397. The molecule has 0 aliphatic carbocycles. The molecule has 0 spiro atoms. The van der Waals surface area contributed by atoms with Crippen molar-refractivity contribution in [1.82, 2.24) is 14.2 Å². The van der Waals surface area contributed by atoms with Gasteiger partial charge in [-0.1, -0.05) is 11.3 Å². The van der Waals surface area contributed by atoms with Gasteiger partial charge in [0.05, 0.1) is 21.7 Å². The molecule has 186 valence electrons. The van der Waals surface area contributed by atoms with Crippen LogP contribution in [0.2, 0.25) is 0 Å². The summed E-state index contributed by atoms with van der Waals surface area (Å²) < 4.78 is 32.4. The van der Waals surface area contributed by atoms with Gasteiger partial charge in [0.1, 0.15) is 5.75 Å². The van der Waals surface area contributed by atoms with Crippen LogP contribution in [-0.2, 0) is 10.0 Å². The molecule has 2 aromatic carbocycles. The highest BCUT2D eigenvalue weighted by Gasteiger charge is 2.23. The minimum atomic E-state index is -3.56. The summed E-state index contributed by atoms with van der Waals surface area (Å²) in [7, 11) is 3.37. The molecule has 8 nitrogen and oxygen atoms in total. The maximum absolute atomic E-state index is 13.5. The topological polar surface area (TPSA) is 83.0 Å². The summed E-state index contributed by atoms with van der Waals surface area (Å²) in [6.07, 6.45) is 0.770. The zero-order valence-electron chi connectivity index (χ0n) is 20.0. The van der Waals surface area contributed by atoms with E-state index in [1.807, 2.05) is 39.2 Å². The highest BCUT2D eigenvalue weighted by atomic mass is 35.5. The fourth-order valence-electron chi connectivity index (χ4n) is 3.23. The van der Waals surface area contributed by atoms with Crippen LogP contribution < -0.4 is 9.64 Å². The Morgan fingerprint density at radius 2 is 1.71 bits per heavy atom. The largest absolute Gasteiger partial charge is 0.494 e. The lowest BCUT2D eigenvalue weighted by Crippen LogP contribution is -2.33. The Hall–Kier alpha value is -2.24. The third-order valence-electron chi connectivity index (χ3n) is 5.00. The average Bonchev–Trinajstić information content (AvgIpc) is 3.19. The number of hydrogen-bond acceptors (Lipinski definition) is 7. The fourth-order valence-corrected chi connectivity index (χ4v) is 5.15. The molecule has 1 amide bonds. The Bertz CT molecular complexity index is 1210. The van der Waals surface area contributed by atoms with Crippen LogP contribution in [0.5, 0.6) is 5.75 Å². The number of hydrogen-bond donors (Lipinski definition) is 0. The second kappa shape index (κ2) is 11.9. The Kier molecular flexibility index (Phi) is 9.84. The Morgan fingerprint density at radius 1 is 1.03 bits per heavy atom. The number of carbonyl (C=O) groups excluding carboxylic acids is 1. The van der Waals surface area contributed by atoms with Gasteiger partial charge in [-0.3, -0.25) is 9.69 Å². The predicted octanol–water partition coefficient (Wildman–Crippen LogP) is 3.97. The second-order valence-electron chi connectivity index (χ2n) is 7.98. The number of aromatic nitrogens is 1. The van der Waals surface area contributed by atoms with Gasteiger partial charge in [-0.2, -0.15) is 0 Å². The van der Waals surface area contributed by atoms with Crippen LogP contribution in [0.1, 0.15) is 23.7 Å². The molecular formula is C23H31ClN4O4S2. The van der Waals surface area contributed by atoms with Crippen molar-refractivity contribution >= 4 is 55.0 Å². The van der Waals surface area contributed by atoms with E-state index in [9.17, 15) is 13.2 Å². The van der Waals surface area contributed by atoms with Crippen molar-refractivity contribution in [3.05, 3.63) is 48.0 Å². The molecule has 11 heteroatoms. The molecule has 3 aromatic rings. The van der Waals surface area contributed by atoms with E-state index in [0.717, 1.165) is 33.2 Å². The van der Waals surface area contributed by atoms with Crippen LogP contribution in [0, 0.1) is 0 Å². The van der Waals surface area contributed by atoms with Crippen LogP contribution in [-0.4, -0.2) is 76.4 Å². The van der Waals surface area contributed by atoms with Crippen LogP contribution in [0.4, 0.5) is 5.13 Å². The van der Waals surface area contributed by atoms with E-state index < -0.39 is 10.0 Å². The van der Waals surface area contributed by atoms with E-state index in [4.69, 9.17) is 9.72 Å². The molecule has 1 aromatic heterocycles. The number of rotatable bonds is 10. The van der Waals surface area contributed by atoms with Crippen LogP contribution in [0.15, 0.2) is 47.4 Å². The summed E-state index contributed by atoms with van der Waals surface area (Å²) in [4.78, 5) is 22.0. The molecule has 0 fully saturated rings. The normalized spacial score (nSPS) is 11.6. The Labute approximate surface area is 211 Å². The molecule has 0 atom stereocenters. The first-order valence-electron chi connectivity index (χ1n) is 10.7. The smallest absolute Gasteiger partial charge is 0.260 e. The molecule has 1 heterocycles. The van der Waals surface area contributed by atoms with Gasteiger partial charge in [0, 0.05) is 26.2 Å². The number of anilines is 1. The van der Waals surface area contributed by atoms with Crippen molar-refractivity contribution < 1.29 is 17.9 Å². The first kappa shape index (κ1) is 28.0. The number of amides is 1. The molecule has 0 bridgehead atoms. The molecule has 34 heavy (non-hydrogen) atoms. The van der Waals surface area contributed by atoms with Gasteiger partial charge >= 0.3 is 0 Å². The van der Waals surface area contributed by atoms with E-state index in [0.29, 0.717) is 23.8 Å². The lowest BCUT2D eigenvalue weighted by atomic mass is 10.2. The summed E-state index contributed by atoms with van der Waals surface area (Å²) in [5.41, 5.74) is 1.21. The monoisotopic (exact) mass is 526 g/mol. The maximum Gasteiger partial charge on any atom is 0.260 e. The van der Waals surface area contributed by atoms with Crippen molar-refractivity contribution in [2.24, 2.45) is 0 Å². The number of halogens is 1. The van der Waals surface area contributed by atoms with E-state index in [1.54, 1.807) is 17.0 Å². The number of ether oxygens (including phenoxy) is 1. The first-order valence-corrected chi connectivity index (χ1v) is 12.9. The molecule has 3 rings (SSSR count). The van der Waals surface area contributed by atoms with E-state index in [1.165, 1.54) is 37.6 Å². The van der Waals surface area contributed by atoms with Crippen LogP contribution in [0.25, 0.3) is 10.2 Å². The van der Waals surface area contributed by atoms with Crippen LogP contribution in [0.3, 0.4) is 0 Å². The number of fused-ring (bicyclic) bond motifs is 1. The summed E-state index contributed by atoms with van der Waals surface area (Å²) in [6.45, 7) is 3.82. The van der Waals surface area contributed by atoms with E-state index in [-0.39, 0.29) is 23.2 Å². The molecule has 0 unspecified atom stereocenters. The van der Waals surface area contributed by atoms with Crippen molar-refractivity contribution in [3.63, 3.8) is 0 Å². The number of nitrogens with zero attached hydrogens (tertiary/aromatic N) is 4. The van der Waals surface area contributed by atoms with Crippen LogP contribution >= 0.6 is 23.7 Å². The predicted molar refractivity (Wildman–Crippen MR) is 140 cm³/mol. The minimum Gasteiger partial charge on any atom is -0.494 e. The molecule has 0 saturated carbocycles. The van der Waals surface area contributed by atoms with Gasteiger partial charge < -0.3 is 9.64 Å². The lowest BCUT2D eigenvalue weighted by molar-refractivity contribution is 0.0986. The second-order valence-corrected chi connectivity index (χ2v) is 11.1. The van der Waals surface area contributed by atoms with Gasteiger partial charge in [0.2, 0.25) is 10.0 Å². The summed E-state index contributed by atoms with van der Waals surface area (Å²) in [5, 5.41) is 0.604. The maximum atomic E-state index is 13.5. The van der Waals surface area contributed by atoms with Crippen molar-refractivity contribution in [1.29, 1.82) is 0 Å². The molecule has 0 saturated heterocycles. The molecule has 0 N–H and O–H groups in total.